The number of fused-ring (bicyclic) bond motifs is 3. The maximum absolute atomic E-state index is 7.60. The fraction of sp³-hybridized carbons (Fsp3) is 0.286. The van der Waals surface area contributed by atoms with E-state index in [4.69, 9.17) is 10.1 Å². The van der Waals surface area contributed by atoms with Gasteiger partial charge in [0.05, 0.1) is 11.4 Å². The van der Waals surface area contributed by atoms with Crippen molar-refractivity contribution in [2.24, 2.45) is 0 Å². The van der Waals surface area contributed by atoms with Crippen LogP contribution in [0.1, 0.15) is 28.8 Å². The number of H-pyrrole nitrogens is 1. The molecule has 178 valence electrons. The van der Waals surface area contributed by atoms with Gasteiger partial charge in [0.2, 0.25) is 0 Å². The van der Waals surface area contributed by atoms with Crippen LogP contribution < -0.4 is 10.2 Å². The van der Waals surface area contributed by atoms with Gasteiger partial charge in [0.15, 0.2) is 0 Å². The molecular formula is C28H29N5OS. The minimum atomic E-state index is 0.554. The molecular weight excluding hydrogens is 454 g/mol. The van der Waals surface area contributed by atoms with Crippen LogP contribution in [0.15, 0.2) is 48.5 Å². The standard InChI is InChI=1S/C28H29N5OS/c1-30-24-13-18(3-4-19(24)16-29)27-23-15-26-22(28(23)32-31-27)14-25(35-26)17-5-7-20(8-6-17)33(2)21-9-11-34-12-10-21/h3-8,13-14,16,21,29-30H,9-12,15H2,1-2H3,(H,31,32). The molecule has 0 atom stereocenters. The zero-order valence-corrected chi connectivity index (χ0v) is 20.8. The zero-order chi connectivity index (χ0) is 23.9. The fourth-order valence-electron chi connectivity index (χ4n) is 5.26. The fourth-order valence-corrected chi connectivity index (χ4v) is 6.45. The zero-order valence-electron chi connectivity index (χ0n) is 20.0. The Morgan fingerprint density at radius 3 is 2.63 bits per heavy atom. The quantitative estimate of drug-likeness (QED) is 0.258. The summed E-state index contributed by atoms with van der Waals surface area (Å²) in [6, 6.07) is 17.9. The first-order valence-corrected chi connectivity index (χ1v) is 12.9. The third kappa shape index (κ3) is 3.85. The van der Waals surface area contributed by atoms with Crippen LogP contribution in [0.4, 0.5) is 11.4 Å². The van der Waals surface area contributed by atoms with Crippen LogP contribution in [-0.2, 0) is 11.2 Å². The molecule has 1 aliphatic heterocycles. The van der Waals surface area contributed by atoms with Gasteiger partial charge in [0.1, 0.15) is 0 Å². The highest BCUT2D eigenvalue weighted by atomic mass is 32.1. The van der Waals surface area contributed by atoms with Crippen LogP contribution in [0.5, 0.6) is 0 Å². The normalized spacial score (nSPS) is 15.0. The molecule has 2 aromatic heterocycles. The SMILES string of the molecule is CNc1cc(-c2n[nH]c3c2Cc2sc(-c4ccc(N(C)C5CCOCC5)cc4)cc2-3)ccc1C=N. The second-order valence-corrected chi connectivity index (χ2v) is 10.4. The molecule has 0 radical (unpaired) electrons. The van der Waals surface area contributed by atoms with Gasteiger partial charge in [0, 0.05) is 89.4 Å². The number of nitrogens with one attached hydrogen (secondary N) is 3. The summed E-state index contributed by atoms with van der Waals surface area (Å²) in [6.07, 6.45) is 4.45. The lowest BCUT2D eigenvalue weighted by Crippen LogP contribution is -2.36. The van der Waals surface area contributed by atoms with Crippen molar-refractivity contribution in [3.63, 3.8) is 0 Å². The Hall–Kier alpha value is -3.42. The summed E-state index contributed by atoms with van der Waals surface area (Å²) in [6.45, 7) is 1.72. The molecule has 0 spiro atoms. The van der Waals surface area contributed by atoms with E-state index in [9.17, 15) is 0 Å². The van der Waals surface area contributed by atoms with Crippen molar-refractivity contribution < 1.29 is 4.74 Å². The highest BCUT2D eigenvalue weighted by Gasteiger charge is 2.28. The van der Waals surface area contributed by atoms with Gasteiger partial charge >= 0.3 is 0 Å². The number of nitrogens with zero attached hydrogens (tertiary/aromatic N) is 2. The van der Waals surface area contributed by atoms with Crippen molar-refractivity contribution in [1.29, 1.82) is 5.41 Å². The second kappa shape index (κ2) is 8.98. The number of rotatable bonds is 6. The molecule has 4 aromatic rings. The molecule has 35 heavy (non-hydrogen) atoms. The highest BCUT2D eigenvalue weighted by molar-refractivity contribution is 7.16. The van der Waals surface area contributed by atoms with Gasteiger partial charge in [-0.25, -0.2) is 0 Å². The molecule has 2 aromatic carbocycles. The van der Waals surface area contributed by atoms with Gasteiger partial charge in [0.25, 0.3) is 0 Å². The van der Waals surface area contributed by atoms with E-state index in [1.54, 1.807) is 0 Å². The summed E-state index contributed by atoms with van der Waals surface area (Å²) in [5, 5.41) is 18.8. The molecule has 1 saturated heterocycles. The second-order valence-electron chi connectivity index (χ2n) is 9.25. The maximum Gasteiger partial charge on any atom is 0.0963 e. The molecule has 0 saturated carbocycles. The van der Waals surface area contributed by atoms with Gasteiger partial charge in [-0.3, -0.25) is 5.10 Å². The third-order valence-corrected chi connectivity index (χ3v) is 8.52. The van der Waals surface area contributed by atoms with Crippen LogP contribution in [0, 0.1) is 5.41 Å². The lowest BCUT2D eigenvalue weighted by Gasteiger charge is -2.33. The van der Waals surface area contributed by atoms with Gasteiger partial charge in [-0.2, -0.15) is 5.10 Å². The van der Waals surface area contributed by atoms with Crippen LogP contribution >= 0.6 is 11.3 Å². The number of hydrogen-bond acceptors (Lipinski definition) is 6. The first kappa shape index (κ1) is 22.1. The summed E-state index contributed by atoms with van der Waals surface area (Å²) < 4.78 is 5.52. The van der Waals surface area contributed by atoms with E-state index in [0.29, 0.717) is 6.04 Å². The Morgan fingerprint density at radius 1 is 1.11 bits per heavy atom. The maximum atomic E-state index is 7.60. The Bertz CT molecular complexity index is 1380. The minimum Gasteiger partial charge on any atom is -0.388 e. The minimum absolute atomic E-state index is 0.554. The summed E-state index contributed by atoms with van der Waals surface area (Å²) in [7, 11) is 4.08. The van der Waals surface area contributed by atoms with Crippen molar-refractivity contribution in [1.82, 2.24) is 10.2 Å². The van der Waals surface area contributed by atoms with E-state index in [0.717, 1.165) is 60.7 Å². The first-order chi connectivity index (χ1) is 17.2. The lowest BCUT2D eigenvalue weighted by molar-refractivity contribution is 0.0855. The lowest BCUT2D eigenvalue weighted by atomic mass is 10.0. The molecule has 0 amide bonds. The number of aromatic amines is 1. The molecule has 0 bridgehead atoms. The van der Waals surface area contributed by atoms with Crippen molar-refractivity contribution in [3.8, 4) is 33.0 Å². The van der Waals surface area contributed by atoms with Crippen molar-refractivity contribution >= 4 is 28.9 Å². The van der Waals surface area contributed by atoms with E-state index in [-0.39, 0.29) is 0 Å². The monoisotopic (exact) mass is 483 g/mol. The molecule has 7 heteroatoms. The van der Waals surface area contributed by atoms with Crippen molar-refractivity contribution in [2.75, 3.05) is 37.5 Å². The molecule has 1 fully saturated rings. The topological polar surface area (TPSA) is 77.0 Å². The molecule has 6 nitrogen and oxygen atoms in total. The Kier molecular flexibility index (Phi) is 5.66. The smallest absolute Gasteiger partial charge is 0.0963 e. The van der Waals surface area contributed by atoms with Gasteiger partial charge in [-0.05, 0) is 42.7 Å². The van der Waals surface area contributed by atoms with E-state index < -0.39 is 0 Å². The average molecular weight is 484 g/mol. The number of ether oxygens (including phenoxy) is 1. The summed E-state index contributed by atoms with van der Waals surface area (Å²) >= 11 is 1.88. The number of hydrogen-bond donors (Lipinski definition) is 3. The van der Waals surface area contributed by atoms with Crippen molar-refractivity contribution in [2.45, 2.75) is 25.3 Å². The molecule has 2 aliphatic rings. The number of benzene rings is 2. The summed E-state index contributed by atoms with van der Waals surface area (Å²) in [4.78, 5) is 5.08. The summed E-state index contributed by atoms with van der Waals surface area (Å²) in [5.74, 6) is 0. The molecule has 3 heterocycles. The van der Waals surface area contributed by atoms with Crippen LogP contribution in [-0.4, -0.2) is 49.8 Å². The van der Waals surface area contributed by atoms with Gasteiger partial charge in [-0.15, -0.1) is 11.3 Å². The molecule has 0 unspecified atom stereocenters. The predicted molar refractivity (Wildman–Crippen MR) is 145 cm³/mol. The van der Waals surface area contributed by atoms with Crippen LogP contribution in [0.3, 0.4) is 0 Å². The first-order valence-electron chi connectivity index (χ1n) is 12.1. The van der Waals surface area contributed by atoms with E-state index in [1.807, 2.05) is 24.5 Å². The molecule has 3 N–H and O–H groups in total. The van der Waals surface area contributed by atoms with Gasteiger partial charge in [-0.1, -0.05) is 24.3 Å². The van der Waals surface area contributed by atoms with Crippen LogP contribution in [0.2, 0.25) is 0 Å². The Balaban J connectivity index is 1.25. The van der Waals surface area contributed by atoms with Crippen LogP contribution in [0.25, 0.3) is 33.0 Å². The third-order valence-electron chi connectivity index (χ3n) is 7.33. The highest BCUT2D eigenvalue weighted by Crippen LogP contribution is 2.47. The van der Waals surface area contributed by atoms with Crippen molar-refractivity contribution in [3.05, 3.63) is 64.5 Å². The largest absolute Gasteiger partial charge is 0.388 e. The average Bonchev–Trinajstić information content (AvgIpc) is 3.60. The Labute approximate surface area is 209 Å². The number of thiophene rings is 1. The Morgan fingerprint density at radius 2 is 1.89 bits per heavy atom. The van der Waals surface area contributed by atoms with E-state index >= 15 is 0 Å². The predicted octanol–water partition coefficient (Wildman–Crippen LogP) is 6.03. The number of aromatic nitrogens is 2. The number of anilines is 2. The van der Waals surface area contributed by atoms with Gasteiger partial charge < -0.3 is 20.4 Å². The van der Waals surface area contributed by atoms with E-state index in [1.165, 1.54) is 38.3 Å². The molecule has 6 rings (SSSR count). The summed E-state index contributed by atoms with van der Waals surface area (Å²) in [5.41, 5.74) is 10.1. The van der Waals surface area contributed by atoms with E-state index in [2.05, 4.69) is 69.9 Å². The molecule has 1 aliphatic carbocycles.